The van der Waals surface area contributed by atoms with Crippen molar-refractivity contribution in [1.29, 1.82) is 0 Å². The van der Waals surface area contributed by atoms with Gasteiger partial charge >= 0.3 is 0 Å². The number of ether oxygens (including phenoxy) is 2. The van der Waals surface area contributed by atoms with Gasteiger partial charge in [-0.2, -0.15) is 0 Å². The van der Waals surface area contributed by atoms with Gasteiger partial charge in [0.2, 0.25) is 0 Å². The summed E-state index contributed by atoms with van der Waals surface area (Å²) in [7, 11) is 1.68. The molecule has 22 heavy (non-hydrogen) atoms. The van der Waals surface area contributed by atoms with E-state index in [1.54, 1.807) is 7.11 Å². The first-order valence-electron chi connectivity index (χ1n) is 7.79. The van der Waals surface area contributed by atoms with Gasteiger partial charge in [0.05, 0.1) is 13.7 Å². The smallest absolute Gasteiger partial charge is 0.161 e. The van der Waals surface area contributed by atoms with Gasteiger partial charge < -0.3 is 14.8 Å². The fourth-order valence-corrected chi connectivity index (χ4v) is 2.33. The molecule has 0 aliphatic carbocycles. The molecule has 0 fully saturated rings. The first-order chi connectivity index (χ1) is 10.7. The summed E-state index contributed by atoms with van der Waals surface area (Å²) < 4.78 is 11.1. The van der Waals surface area contributed by atoms with Crippen LogP contribution >= 0.6 is 0 Å². The molecule has 0 aromatic heterocycles. The zero-order valence-corrected chi connectivity index (χ0v) is 13.7. The predicted molar refractivity (Wildman–Crippen MR) is 90.5 cm³/mol. The van der Waals surface area contributed by atoms with Crippen molar-refractivity contribution in [3.05, 3.63) is 59.2 Å². The Labute approximate surface area is 133 Å². The zero-order valence-electron chi connectivity index (χ0n) is 13.7. The fraction of sp³-hybridized carbons (Fsp3) is 0.368. The molecule has 0 heterocycles. The number of aryl methyl sites for hydroxylation is 1. The average Bonchev–Trinajstić information content (AvgIpc) is 2.53. The second-order valence-corrected chi connectivity index (χ2v) is 5.43. The Balaban J connectivity index is 1.92. The van der Waals surface area contributed by atoms with Gasteiger partial charge in [-0.1, -0.05) is 42.8 Å². The van der Waals surface area contributed by atoms with Gasteiger partial charge in [-0.3, -0.25) is 0 Å². The summed E-state index contributed by atoms with van der Waals surface area (Å²) in [4.78, 5) is 0. The lowest BCUT2D eigenvalue weighted by Gasteiger charge is -2.12. The molecule has 0 spiro atoms. The minimum atomic E-state index is 0.710. The van der Waals surface area contributed by atoms with E-state index in [9.17, 15) is 0 Å². The molecule has 0 radical (unpaired) electrons. The molecule has 3 heteroatoms. The van der Waals surface area contributed by atoms with Crippen molar-refractivity contribution in [2.24, 2.45) is 0 Å². The van der Waals surface area contributed by atoms with Crippen LogP contribution in [0, 0.1) is 6.92 Å². The molecular formula is C19H25NO2. The van der Waals surface area contributed by atoms with Crippen LogP contribution in [-0.2, 0) is 13.1 Å². The summed E-state index contributed by atoms with van der Waals surface area (Å²) in [5.74, 6) is 1.61. The van der Waals surface area contributed by atoms with Crippen molar-refractivity contribution in [2.75, 3.05) is 13.7 Å². The second-order valence-electron chi connectivity index (χ2n) is 5.43. The highest BCUT2D eigenvalue weighted by atomic mass is 16.5. The Kier molecular flexibility index (Phi) is 6.28. The van der Waals surface area contributed by atoms with Crippen LogP contribution < -0.4 is 14.8 Å². The summed E-state index contributed by atoms with van der Waals surface area (Å²) in [5.41, 5.74) is 3.78. The van der Waals surface area contributed by atoms with Gasteiger partial charge in [-0.15, -0.1) is 0 Å². The number of rotatable bonds is 8. The largest absolute Gasteiger partial charge is 0.493 e. The Morgan fingerprint density at radius 2 is 1.73 bits per heavy atom. The monoisotopic (exact) mass is 299 g/mol. The van der Waals surface area contributed by atoms with Crippen LogP contribution in [0.4, 0.5) is 0 Å². The van der Waals surface area contributed by atoms with Crippen LogP contribution in [0.2, 0.25) is 0 Å². The quantitative estimate of drug-likeness (QED) is 0.796. The lowest BCUT2D eigenvalue weighted by atomic mass is 10.1. The lowest BCUT2D eigenvalue weighted by Crippen LogP contribution is -2.12. The molecule has 2 aromatic rings. The number of nitrogens with one attached hydrogen (secondary N) is 1. The Morgan fingerprint density at radius 3 is 2.41 bits per heavy atom. The maximum absolute atomic E-state index is 5.67. The normalized spacial score (nSPS) is 10.5. The second kappa shape index (κ2) is 8.44. The van der Waals surface area contributed by atoms with Crippen LogP contribution in [0.25, 0.3) is 0 Å². The first-order valence-corrected chi connectivity index (χ1v) is 7.79. The Hall–Kier alpha value is -2.00. The van der Waals surface area contributed by atoms with Crippen molar-refractivity contribution in [3.8, 4) is 11.5 Å². The van der Waals surface area contributed by atoms with Gasteiger partial charge in [-0.25, -0.2) is 0 Å². The third-order valence-electron chi connectivity index (χ3n) is 3.43. The predicted octanol–water partition coefficient (Wildman–Crippen LogP) is 4.08. The molecule has 2 rings (SSSR count). The van der Waals surface area contributed by atoms with E-state index in [1.165, 1.54) is 16.7 Å². The van der Waals surface area contributed by atoms with E-state index in [0.717, 1.165) is 31.0 Å². The Morgan fingerprint density at radius 1 is 0.955 bits per heavy atom. The minimum absolute atomic E-state index is 0.710. The minimum Gasteiger partial charge on any atom is -0.493 e. The fourth-order valence-electron chi connectivity index (χ4n) is 2.33. The van der Waals surface area contributed by atoms with Crippen LogP contribution in [0.15, 0.2) is 42.5 Å². The number of benzene rings is 2. The lowest BCUT2D eigenvalue weighted by molar-refractivity contribution is 0.294. The summed E-state index contributed by atoms with van der Waals surface area (Å²) >= 11 is 0. The third-order valence-corrected chi connectivity index (χ3v) is 3.43. The molecule has 2 aromatic carbocycles. The summed E-state index contributed by atoms with van der Waals surface area (Å²) in [5, 5.41) is 3.46. The van der Waals surface area contributed by atoms with Crippen molar-refractivity contribution >= 4 is 0 Å². The molecule has 0 aliphatic heterocycles. The van der Waals surface area contributed by atoms with Crippen molar-refractivity contribution in [3.63, 3.8) is 0 Å². The molecule has 0 saturated heterocycles. The van der Waals surface area contributed by atoms with E-state index >= 15 is 0 Å². The highest BCUT2D eigenvalue weighted by Gasteiger charge is 2.05. The van der Waals surface area contributed by atoms with Crippen molar-refractivity contribution in [1.82, 2.24) is 5.32 Å². The summed E-state index contributed by atoms with van der Waals surface area (Å²) in [6.07, 6.45) is 0.989. The van der Waals surface area contributed by atoms with Gasteiger partial charge in [0.15, 0.2) is 11.5 Å². The van der Waals surface area contributed by atoms with Gasteiger partial charge in [-0.05, 0) is 36.6 Å². The molecule has 118 valence electrons. The average molecular weight is 299 g/mol. The topological polar surface area (TPSA) is 30.5 Å². The Bertz CT molecular complexity index is 596. The highest BCUT2D eigenvalue weighted by molar-refractivity contribution is 5.43. The number of hydrogen-bond acceptors (Lipinski definition) is 3. The van der Waals surface area contributed by atoms with Crippen molar-refractivity contribution < 1.29 is 9.47 Å². The van der Waals surface area contributed by atoms with Gasteiger partial charge in [0, 0.05) is 13.1 Å². The van der Waals surface area contributed by atoms with Crippen LogP contribution in [0.1, 0.15) is 30.0 Å². The molecule has 0 amide bonds. The summed E-state index contributed by atoms with van der Waals surface area (Å²) in [6.45, 7) is 6.58. The van der Waals surface area contributed by atoms with E-state index in [2.05, 4.69) is 49.5 Å². The maximum Gasteiger partial charge on any atom is 0.161 e. The third kappa shape index (κ3) is 4.78. The van der Waals surface area contributed by atoms with E-state index < -0.39 is 0 Å². The van der Waals surface area contributed by atoms with E-state index in [-0.39, 0.29) is 0 Å². The van der Waals surface area contributed by atoms with E-state index in [0.29, 0.717) is 6.61 Å². The van der Waals surface area contributed by atoms with E-state index in [1.807, 2.05) is 12.1 Å². The molecular weight excluding hydrogens is 274 g/mol. The number of hydrogen-bond donors (Lipinski definition) is 1. The van der Waals surface area contributed by atoms with Crippen molar-refractivity contribution in [2.45, 2.75) is 33.4 Å². The molecule has 0 atom stereocenters. The molecule has 0 aliphatic rings. The molecule has 0 saturated carbocycles. The summed E-state index contributed by atoms with van der Waals surface area (Å²) in [6, 6.07) is 14.7. The molecule has 1 N–H and O–H groups in total. The molecule has 0 unspecified atom stereocenters. The molecule has 0 bridgehead atoms. The standard InChI is InChI=1S/C19H25NO2/c1-4-10-22-18-9-8-17(12-19(18)21-3)14-20-13-16-7-5-6-15(2)11-16/h5-9,11-12,20H,4,10,13-14H2,1-3H3. The highest BCUT2D eigenvalue weighted by Crippen LogP contribution is 2.28. The van der Waals surface area contributed by atoms with Gasteiger partial charge in [0.1, 0.15) is 0 Å². The van der Waals surface area contributed by atoms with Crippen LogP contribution in [-0.4, -0.2) is 13.7 Å². The maximum atomic E-state index is 5.67. The van der Waals surface area contributed by atoms with E-state index in [4.69, 9.17) is 9.47 Å². The van der Waals surface area contributed by atoms with Crippen LogP contribution in [0.5, 0.6) is 11.5 Å². The zero-order chi connectivity index (χ0) is 15.8. The van der Waals surface area contributed by atoms with Crippen LogP contribution in [0.3, 0.4) is 0 Å². The molecule has 3 nitrogen and oxygen atoms in total. The SMILES string of the molecule is CCCOc1ccc(CNCc2cccc(C)c2)cc1OC. The first kappa shape index (κ1) is 16.4. The van der Waals surface area contributed by atoms with Gasteiger partial charge in [0.25, 0.3) is 0 Å². The number of methoxy groups -OCH3 is 1.